The fourth-order valence-corrected chi connectivity index (χ4v) is 5.71. The van der Waals surface area contributed by atoms with E-state index in [9.17, 15) is 9.18 Å². The van der Waals surface area contributed by atoms with Gasteiger partial charge in [-0.25, -0.2) is 4.39 Å². The number of carbonyl (C=O) groups is 2. The molecule has 8 heteroatoms. The van der Waals surface area contributed by atoms with E-state index in [0.717, 1.165) is 37.4 Å². The number of ether oxygens (including phenoxy) is 1. The van der Waals surface area contributed by atoms with Gasteiger partial charge in [-0.15, -0.1) is 0 Å². The van der Waals surface area contributed by atoms with E-state index in [1.54, 1.807) is 14.0 Å². The molecule has 0 saturated carbocycles. The quantitative estimate of drug-likeness (QED) is 0.177. The average Bonchev–Trinajstić information content (AvgIpc) is 3.18. The van der Waals surface area contributed by atoms with E-state index in [0.29, 0.717) is 36.2 Å². The van der Waals surface area contributed by atoms with E-state index < -0.39 is 6.17 Å². The molecular weight excluding hydrogens is 652 g/mol. The molecule has 2 aromatic carbocycles. The van der Waals surface area contributed by atoms with Crippen LogP contribution in [0.25, 0.3) is 0 Å². The molecule has 7 nitrogen and oxygen atoms in total. The lowest BCUT2D eigenvalue weighted by molar-refractivity contribution is -0.117. The molecule has 0 aliphatic carbocycles. The second-order valence-corrected chi connectivity index (χ2v) is 13.6. The molecule has 2 aromatic rings. The first-order valence-corrected chi connectivity index (χ1v) is 19.5. The molecule has 1 saturated heterocycles. The third-order valence-corrected chi connectivity index (χ3v) is 9.69. The smallest absolute Gasteiger partial charge is 0.129 e. The predicted octanol–water partition coefficient (Wildman–Crippen LogP) is 10.4. The summed E-state index contributed by atoms with van der Waals surface area (Å²) in [6.07, 6.45) is 10.8. The lowest BCUT2D eigenvalue weighted by atomic mass is 9.86. The number of nitrogens with two attached hydrogens (primary N) is 2. The van der Waals surface area contributed by atoms with E-state index in [2.05, 4.69) is 74.8 Å². The maximum Gasteiger partial charge on any atom is 0.129 e. The van der Waals surface area contributed by atoms with Crippen LogP contribution in [0, 0.1) is 31.6 Å². The molecule has 1 aliphatic heterocycles. The number of allylic oxidation sites excluding steroid dienone is 1. The van der Waals surface area contributed by atoms with Crippen molar-refractivity contribution in [1.29, 1.82) is 0 Å². The molecule has 4 atom stereocenters. The van der Waals surface area contributed by atoms with E-state index >= 15 is 0 Å². The van der Waals surface area contributed by atoms with Crippen molar-refractivity contribution in [3.05, 3.63) is 71.1 Å². The Morgan fingerprint density at radius 3 is 2.06 bits per heavy atom. The third kappa shape index (κ3) is 21.6. The highest BCUT2D eigenvalue weighted by molar-refractivity contribution is 5.77. The van der Waals surface area contributed by atoms with Gasteiger partial charge in [0.15, 0.2) is 0 Å². The number of aliphatic imine (C=N–C) groups is 1. The highest BCUT2D eigenvalue weighted by Gasteiger charge is 2.18. The summed E-state index contributed by atoms with van der Waals surface area (Å²) < 4.78 is 18.5. The van der Waals surface area contributed by atoms with Crippen LogP contribution >= 0.6 is 0 Å². The van der Waals surface area contributed by atoms with Crippen LogP contribution in [0.1, 0.15) is 123 Å². The molecular formula is C44H75FN4O3. The van der Waals surface area contributed by atoms with Gasteiger partial charge in [0.05, 0.1) is 18.8 Å². The number of methoxy groups -OCH3 is 1. The lowest BCUT2D eigenvalue weighted by Gasteiger charge is -2.33. The SMILES string of the molecule is C=O.CC.CCC1CCN(c2ccc(C)c(C)c2)CC1.CCCC(N=C/C(N)=C\N)C(F)CC.COc1ccc(CC(C)C(C)CCC(C)=O)cc1. The van der Waals surface area contributed by atoms with Crippen molar-refractivity contribution in [3.8, 4) is 5.75 Å². The van der Waals surface area contributed by atoms with Crippen molar-refractivity contribution >= 4 is 24.5 Å². The zero-order valence-electron chi connectivity index (χ0n) is 34.7. The standard InChI is InChI=1S/C16H24O2.C15H23N.C10H20FN3.C2H6.CH2O/c1-12(5-6-14(3)17)13(2)11-15-7-9-16(18-4)10-8-15;1-4-14-7-9-16(10-8-14)15-6-5-12(2)13(3)11-15;1-3-5-10(9(11)4-2)14-7-8(13)6-12;2*1-2/h7-10,12-13H,5-6,11H2,1-4H3;5-6,11,14H,4,7-10H2,1-3H3;6-7,9-10H,3-5,12-13H2,1-2H3;1-2H3;1H2/b;;8-6+,14-7?;;. The number of carbonyl (C=O) groups excluding carboxylic acids is 2. The molecule has 0 amide bonds. The monoisotopic (exact) mass is 727 g/mol. The first-order chi connectivity index (χ1) is 24.9. The van der Waals surface area contributed by atoms with Gasteiger partial charge in [0, 0.05) is 37.6 Å². The van der Waals surface area contributed by atoms with E-state index in [1.807, 2.05) is 46.6 Å². The number of hydrogen-bond acceptors (Lipinski definition) is 7. The van der Waals surface area contributed by atoms with E-state index in [-0.39, 0.29) is 6.04 Å². The number of Topliss-reactive ketones (excluding diaryl/α,β-unsaturated/α-hetero) is 1. The number of alkyl halides is 1. The van der Waals surface area contributed by atoms with Crippen LogP contribution in [0.4, 0.5) is 10.1 Å². The van der Waals surface area contributed by atoms with Gasteiger partial charge in [-0.05, 0) is 118 Å². The number of anilines is 1. The zero-order valence-corrected chi connectivity index (χ0v) is 34.7. The molecule has 0 aromatic heterocycles. The summed E-state index contributed by atoms with van der Waals surface area (Å²) in [4.78, 5) is 25.6. The summed E-state index contributed by atoms with van der Waals surface area (Å²) in [5.74, 6) is 3.33. The number of piperidine rings is 1. The molecule has 4 N–H and O–H groups in total. The molecule has 296 valence electrons. The van der Waals surface area contributed by atoms with Crippen LogP contribution in [-0.2, 0) is 16.0 Å². The average molecular weight is 727 g/mol. The second-order valence-electron chi connectivity index (χ2n) is 13.6. The number of hydrogen-bond donors (Lipinski definition) is 2. The maximum absolute atomic E-state index is 13.3. The van der Waals surface area contributed by atoms with Gasteiger partial charge in [-0.2, -0.15) is 0 Å². The summed E-state index contributed by atoms with van der Waals surface area (Å²) >= 11 is 0. The predicted molar refractivity (Wildman–Crippen MR) is 223 cm³/mol. The Labute approximate surface area is 317 Å². The highest BCUT2D eigenvalue weighted by Crippen LogP contribution is 2.26. The lowest BCUT2D eigenvalue weighted by Crippen LogP contribution is -2.33. The molecule has 1 heterocycles. The number of nitrogens with zero attached hydrogens (tertiary/aromatic N) is 2. The minimum Gasteiger partial charge on any atom is -0.497 e. The summed E-state index contributed by atoms with van der Waals surface area (Å²) in [7, 11) is 1.68. The van der Waals surface area contributed by atoms with Gasteiger partial charge in [0.1, 0.15) is 24.5 Å². The normalized spacial score (nSPS) is 15.2. The van der Waals surface area contributed by atoms with Crippen LogP contribution in [0.2, 0.25) is 0 Å². The number of aryl methyl sites for hydroxylation is 2. The summed E-state index contributed by atoms with van der Waals surface area (Å²) in [5.41, 5.74) is 16.5. The first-order valence-electron chi connectivity index (χ1n) is 19.5. The molecule has 1 aliphatic rings. The Kier molecular flexibility index (Phi) is 30.0. The third-order valence-electron chi connectivity index (χ3n) is 9.69. The van der Waals surface area contributed by atoms with Crippen LogP contribution in [0.15, 0.2) is 59.4 Å². The first kappa shape index (κ1) is 50.4. The Morgan fingerprint density at radius 1 is 1.00 bits per heavy atom. The largest absolute Gasteiger partial charge is 0.497 e. The van der Waals surface area contributed by atoms with Crippen LogP contribution in [-0.4, -0.2) is 51.2 Å². The molecule has 0 spiro atoms. The maximum atomic E-state index is 13.3. The number of ketones is 1. The highest BCUT2D eigenvalue weighted by atomic mass is 19.1. The zero-order chi connectivity index (χ0) is 40.1. The fourth-order valence-electron chi connectivity index (χ4n) is 5.71. The number of benzene rings is 2. The van der Waals surface area contributed by atoms with Crippen molar-refractivity contribution in [1.82, 2.24) is 0 Å². The second kappa shape index (κ2) is 30.9. The van der Waals surface area contributed by atoms with Gasteiger partial charge in [-0.3, -0.25) is 4.99 Å². The Balaban J connectivity index is 0. The van der Waals surface area contributed by atoms with Gasteiger partial charge >= 0.3 is 0 Å². The van der Waals surface area contributed by atoms with Crippen molar-refractivity contribution in [3.63, 3.8) is 0 Å². The molecule has 1 fully saturated rings. The Bertz CT molecular complexity index is 1240. The number of halogens is 1. The molecule has 0 radical (unpaired) electrons. The molecule has 52 heavy (non-hydrogen) atoms. The van der Waals surface area contributed by atoms with Crippen molar-refractivity contribution in [2.24, 2.45) is 34.2 Å². The van der Waals surface area contributed by atoms with Crippen LogP contribution < -0.4 is 21.1 Å². The van der Waals surface area contributed by atoms with E-state index in [1.165, 1.54) is 67.1 Å². The Morgan fingerprint density at radius 2 is 1.60 bits per heavy atom. The van der Waals surface area contributed by atoms with Crippen molar-refractivity contribution < 1.29 is 18.7 Å². The van der Waals surface area contributed by atoms with Gasteiger partial charge in [0.2, 0.25) is 0 Å². The van der Waals surface area contributed by atoms with Crippen LogP contribution in [0.5, 0.6) is 5.75 Å². The van der Waals surface area contributed by atoms with E-state index in [4.69, 9.17) is 21.0 Å². The van der Waals surface area contributed by atoms with Gasteiger partial charge in [0.25, 0.3) is 0 Å². The minimum absolute atomic E-state index is 0.288. The van der Waals surface area contributed by atoms with Gasteiger partial charge in [-0.1, -0.05) is 79.5 Å². The van der Waals surface area contributed by atoms with Crippen LogP contribution in [0.3, 0.4) is 0 Å². The topological polar surface area (TPSA) is 111 Å². The summed E-state index contributed by atoms with van der Waals surface area (Å²) in [6.45, 7) is 25.2. The Hall–Kier alpha value is -3.68. The number of rotatable bonds is 15. The van der Waals surface area contributed by atoms with Gasteiger partial charge < -0.3 is 30.7 Å². The summed E-state index contributed by atoms with van der Waals surface area (Å²) in [6, 6.07) is 14.8. The van der Waals surface area contributed by atoms with Crippen molar-refractivity contribution in [2.75, 3.05) is 25.1 Å². The molecule has 4 unspecified atom stereocenters. The van der Waals surface area contributed by atoms with Crippen molar-refractivity contribution in [2.45, 2.75) is 139 Å². The minimum atomic E-state index is -0.892. The molecule has 0 bridgehead atoms. The fraction of sp³-hybridized carbons (Fsp3) is 0.614. The summed E-state index contributed by atoms with van der Waals surface area (Å²) in [5, 5.41) is 0. The molecule has 3 rings (SSSR count).